The van der Waals surface area contributed by atoms with Crippen LogP contribution in [0.2, 0.25) is 0 Å². The van der Waals surface area contributed by atoms with Crippen LogP contribution in [0, 0.1) is 11.3 Å². The fourth-order valence-electron chi connectivity index (χ4n) is 1.45. The molecule has 2 atom stereocenters. The number of rotatable bonds is 3. The molecule has 0 bridgehead atoms. The van der Waals surface area contributed by atoms with Gasteiger partial charge in [-0.25, -0.2) is 0 Å². The molecule has 0 aliphatic carbocycles. The van der Waals surface area contributed by atoms with Crippen LogP contribution < -0.4 is 0 Å². The van der Waals surface area contributed by atoms with Gasteiger partial charge in [0.25, 0.3) is 0 Å². The first-order valence-electron chi connectivity index (χ1n) is 4.60. The molecule has 0 unspecified atom stereocenters. The van der Waals surface area contributed by atoms with Crippen LogP contribution in [0.3, 0.4) is 0 Å². The molecule has 0 fully saturated rings. The summed E-state index contributed by atoms with van der Waals surface area (Å²) in [6.07, 6.45) is -0.0516. The molecule has 0 saturated heterocycles. The fraction of sp³-hybridized carbons (Fsp3) is 0.900. The van der Waals surface area contributed by atoms with Gasteiger partial charge in [0.2, 0.25) is 0 Å². The average Bonchev–Trinajstić information content (AvgIpc) is 2.01. The quantitative estimate of drug-likeness (QED) is 0.684. The van der Waals surface area contributed by atoms with Gasteiger partial charge >= 0.3 is 5.97 Å². The van der Waals surface area contributed by atoms with E-state index in [9.17, 15) is 9.90 Å². The maximum Gasteiger partial charge on any atom is 0.311 e. The van der Waals surface area contributed by atoms with Gasteiger partial charge in [-0.1, -0.05) is 27.7 Å². The molecular formula is C10H20O3. The molecule has 78 valence electrons. The monoisotopic (exact) mass is 188 g/mol. The minimum absolute atomic E-state index is 0.261. The molecule has 3 heteroatoms. The van der Waals surface area contributed by atoms with Gasteiger partial charge in [0.1, 0.15) is 0 Å². The summed E-state index contributed by atoms with van der Waals surface area (Å²) in [7, 11) is 1.35. The van der Waals surface area contributed by atoms with Crippen molar-refractivity contribution in [2.45, 2.75) is 40.2 Å². The first-order chi connectivity index (χ1) is 5.84. The molecule has 0 aromatic rings. The van der Waals surface area contributed by atoms with Crippen molar-refractivity contribution in [3.63, 3.8) is 0 Å². The second kappa shape index (κ2) is 4.61. The lowest BCUT2D eigenvalue weighted by Gasteiger charge is -2.31. The van der Waals surface area contributed by atoms with Gasteiger partial charge in [0.05, 0.1) is 19.1 Å². The van der Waals surface area contributed by atoms with Gasteiger partial charge in [0, 0.05) is 0 Å². The standard InChI is InChI=1S/C10H20O3/c1-6-7(11)8(9(12)13-5)10(2,3)4/h7-8,11H,6H2,1-5H3/t7-,8-/m0/s1. The highest BCUT2D eigenvalue weighted by molar-refractivity contribution is 5.73. The summed E-state index contributed by atoms with van der Waals surface area (Å²) in [4.78, 5) is 11.4. The van der Waals surface area contributed by atoms with Gasteiger partial charge in [-0.15, -0.1) is 0 Å². The summed E-state index contributed by atoms with van der Waals surface area (Å²) >= 11 is 0. The van der Waals surface area contributed by atoms with Crippen LogP contribution in [-0.2, 0) is 9.53 Å². The molecule has 0 saturated carbocycles. The molecule has 0 aromatic heterocycles. The Balaban J connectivity index is 4.65. The maximum absolute atomic E-state index is 11.4. The van der Waals surface area contributed by atoms with Gasteiger partial charge in [0.15, 0.2) is 0 Å². The number of ether oxygens (including phenoxy) is 1. The largest absolute Gasteiger partial charge is 0.469 e. The van der Waals surface area contributed by atoms with E-state index in [-0.39, 0.29) is 11.4 Å². The number of aliphatic hydroxyl groups excluding tert-OH is 1. The Morgan fingerprint density at radius 1 is 1.46 bits per heavy atom. The molecule has 13 heavy (non-hydrogen) atoms. The molecule has 0 heterocycles. The van der Waals surface area contributed by atoms with Crippen LogP contribution in [0.1, 0.15) is 34.1 Å². The van der Waals surface area contributed by atoms with Crippen molar-refractivity contribution in [1.29, 1.82) is 0 Å². The van der Waals surface area contributed by atoms with Crippen molar-refractivity contribution in [2.75, 3.05) is 7.11 Å². The molecule has 0 radical (unpaired) electrons. The Labute approximate surface area is 80.1 Å². The topological polar surface area (TPSA) is 46.5 Å². The fourth-order valence-corrected chi connectivity index (χ4v) is 1.45. The summed E-state index contributed by atoms with van der Waals surface area (Å²) in [5.41, 5.74) is -0.261. The van der Waals surface area contributed by atoms with Crippen LogP contribution in [0.4, 0.5) is 0 Å². The van der Waals surface area contributed by atoms with Crippen molar-refractivity contribution in [1.82, 2.24) is 0 Å². The lowest BCUT2D eigenvalue weighted by Crippen LogP contribution is -2.38. The normalized spacial score (nSPS) is 16.5. The average molecular weight is 188 g/mol. The number of aliphatic hydroxyl groups is 1. The van der Waals surface area contributed by atoms with Crippen molar-refractivity contribution in [2.24, 2.45) is 11.3 Å². The molecule has 0 amide bonds. The Morgan fingerprint density at radius 2 is 1.92 bits per heavy atom. The summed E-state index contributed by atoms with van der Waals surface area (Å²) in [5.74, 6) is -0.774. The first kappa shape index (κ1) is 12.4. The summed E-state index contributed by atoms with van der Waals surface area (Å²) in [5, 5.41) is 9.65. The zero-order valence-electron chi connectivity index (χ0n) is 9.13. The predicted octanol–water partition coefficient (Wildman–Crippen LogP) is 1.59. The van der Waals surface area contributed by atoms with Crippen LogP contribution in [0.5, 0.6) is 0 Å². The zero-order valence-corrected chi connectivity index (χ0v) is 9.13. The second-order valence-corrected chi connectivity index (χ2v) is 4.34. The minimum atomic E-state index is -0.618. The van der Waals surface area contributed by atoms with Crippen LogP contribution >= 0.6 is 0 Å². The van der Waals surface area contributed by atoms with E-state index in [0.717, 1.165) is 0 Å². The van der Waals surface area contributed by atoms with Crippen molar-refractivity contribution >= 4 is 5.97 Å². The molecular weight excluding hydrogens is 168 g/mol. The number of hydrogen-bond acceptors (Lipinski definition) is 3. The van der Waals surface area contributed by atoms with Gasteiger partial charge < -0.3 is 9.84 Å². The van der Waals surface area contributed by atoms with Crippen LogP contribution in [0.15, 0.2) is 0 Å². The molecule has 3 nitrogen and oxygen atoms in total. The summed E-state index contributed by atoms with van der Waals surface area (Å²) in [6.45, 7) is 7.63. The Kier molecular flexibility index (Phi) is 4.40. The van der Waals surface area contributed by atoms with E-state index in [1.54, 1.807) is 0 Å². The van der Waals surface area contributed by atoms with Crippen molar-refractivity contribution in [3.8, 4) is 0 Å². The first-order valence-corrected chi connectivity index (χ1v) is 4.60. The van der Waals surface area contributed by atoms with E-state index >= 15 is 0 Å². The summed E-state index contributed by atoms with van der Waals surface area (Å²) < 4.78 is 4.66. The number of carbonyl (C=O) groups is 1. The number of methoxy groups -OCH3 is 1. The summed E-state index contributed by atoms with van der Waals surface area (Å²) in [6, 6.07) is 0. The number of hydrogen-bond donors (Lipinski definition) is 1. The van der Waals surface area contributed by atoms with Gasteiger partial charge in [-0.05, 0) is 11.8 Å². The molecule has 0 aromatic carbocycles. The van der Waals surface area contributed by atoms with Crippen molar-refractivity contribution < 1.29 is 14.6 Å². The lowest BCUT2D eigenvalue weighted by atomic mass is 9.76. The molecule has 0 spiro atoms. The van der Waals surface area contributed by atoms with E-state index < -0.39 is 12.0 Å². The number of esters is 1. The van der Waals surface area contributed by atoms with Crippen molar-refractivity contribution in [3.05, 3.63) is 0 Å². The Morgan fingerprint density at radius 3 is 2.15 bits per heavy atom. The molecule has 0 aliphatic rings. The molecule has 0 rings (SSSR count). The highest BCUT2D eigenvalue weighted by Crippen LogP contribution is 2.30. The van der Waals surface area contributed by atoms with E-state index in [2.05, 4.69) is 4.74 Å². The predicted molar refractivity (Wildman–Crippen MR) is 51.3 cm³/mol. The third-order valence-electron chi connectivity index (χ3n) is 2.19. The Bertz CT molecular complexity index is 169. The van der Waals surface area contributed by atoms with E-state index in [1.165, 1.54) is 7.11 Å². The highest BCUT2D eigenvalue weighted by Gasteiger charge is 2.37. The minimum Gasteiger partial charge on any atom is -0.469 e. The van der Waals surface area contributed by atoms with Gasteiger partial charge in [-0.3, -0.25) is 4.79 Å². The lowest BCUT2D eigenvalue weighted by molar-refractivity contribution is -0.155. The molecule has 1 N–H and O–H groups in total. The second-order valence-electron chi connectivity index (χ2n) is 4.34. The van der Waals surface area contributed by atoms with Crippen LogP contribution in [0.25, 0.3) is 0 Å². The van der Waals surface area contributed by atoms with E-state index in [0.29, 0.717) is 6.42 Å². The van der Waals surface area contributed by atoms with E-state index in [4.69, 9.17) is 0 Å². The SMILES string of the molecule is CC[C@H](O)[C@@H](C(=O)OC)C(C)(C)C. The smallest absolute Gasteiger partial charge is 0.311 e. The number of carbonyl (C=O) groups excluding carboxylic acids is 1. The Hall–Kier alpha value is -0.570. The van der Waals surface area contributed by atoms with Crippen LogP contribution in [-0.4, -0.2) is 24.3 Å². The van der Waals surface area contributed by atoms with E-state index in [1.807, 2.05) is 27.7 Å². The van der Waals surface area contributed by atoms with Gasteiger partial charge in [-0.2, -0.15) is 0 Å². The maximum atomic E-state index is 11.4. The zero-order chi connectivity index (χ0) is 10.6. The third kappa shape index (κ3) is 3.35. The third-order valence-corrected chi connectivity index (χ3v) is 2.19. The molecule has 0 aliphatic heterocycles. The highest BCUT2D eigenvalue weighted by atomic mass is 16.5.